The van der Waals surface area contributed by atoms with Gasteiger partial charge in [0.15, 0.2) is 0 Å². The number of nitrogens with zero attached hydrogens (tertiary/aromatic N) is 4. The first-order valence-electron chi connectivity index (χ1n) is 9.00. The van der Waals surface area contributed by atoms with Crippen LogP contribution in [0.3, 0.4) is 0 Å². The lowest BCUT2D eigenvalue weighted by Gasteiger charge is -2.19. The molecule has 0 bridgehead atoms. The molecule has 4 rings (SSSR count). The fraction of sp³-hybridized carbons (Fsp3) is 0.227. The normalized spacial score (nSPS) is 11.3. The maximum atomic E-state index is 13.3. The number of rotatable bonds is 3. The molecule has 136 valence electrons. The fourth-order valence-corrected chi connectivity index (χ4v) is 3.51. The van der Waals surface area contributed by atoms with Gasteiger partial charge in [-0.25, -0.2) is 4.98 Å². The first kappa shape index (κ1) is 17.2. The molecule has 0 radical (unpaired) electrons. The lowest BCUT2D eigenvalue weighted by atomic mass is 10.0. The molecule has 0 saturated heterocycles. The number of aryl methyl sites for hydroxylation is 3. The van der Waals surface area contributed by atoms with Gasteiger partial charge in [0.25, 0.3) is 5.91 Å². The number of carbonyl (C=O) groups excluding carboxylic acids is 1. The summed E-state index contributed by atoms with van der Waals surface area (Å²) in [4.78, 5) is 24.2. The minimum absolute atomic E-state index is 0.0126. The third-order valence-electron chi connectivity index (χ3n) is 4.89. The van der Waals surface area contributed by atoms with Crippen molar-refractivity contribution in [2.75, 3.05) is 7.05 Å². The minimum Gasteiger partial charge on any atom is -0.336 e. The zero-order valence-electron chi connectivity index (χ0n) is 16.0. The summed E-state index contributed by atoms with van der Waals surface area (Å²) in [5.41, 5.74) is 6.35. The maximum Gasteiger partial charge on any atom is 0.254 e. The number of imidazole rings is 1. The molecule has 1 aromatic carbocycles. The molecule has 27 heavy (non-hydrogen) atoms. The molecule has 5 nitrogen and oxygen atoms in total. The number of carbonyl (C=O) groups is 1. The van der Waals surface area contributed by atoms with Crippen molar-refractivity contribution in [3.63, 3.8) is 0 Å². The van der Waals surface area contributed by atoms with Crippen LogP contribution in [0.25, 0.3) is 16.6 Å². The van der Waals surface area contributed by atoms with Crippen LogP contribution in [0, 0.1) is 20.8 Å². The van der Waals surface area contributed by atoms with Crippen LogP contribution >= 0.6 is 0 Å². The van der Waals surface area contributed by atoms with Crippen molar-refractivity contribution >= 4 is 22.5 Å². The number of fused-ring (bicyclic) bond motifs is 2. The van der Waals surface area contributed by atoms with Gasteiger partial charge in [-0.3, -0.25) is 9.78 Å². The van der Waals surface area contributed by atoms with Gasteiger partial charge in [0, 0.05) is 24.3 Å². The largest absolute Gasteiger partial charge is 0.336 e. The molecule has 0 unspecified atom stereocenters. The molecule has 0 fully saturated rings. The highest BCUT2D eigenvalue weighted by Gasteiger charge is 2.19. The summed E-state index contributed by atoms with van der Waals surface area (Å²) in [6.45, 7) is 6.42. The first-order valence-corrected chi connectivity index (χ1v) is 9.00. The van der Waals surface area contributed by atoms with E-state index < -0.39 is 0 Å². The summed E-state index contributed by atoms with van der Waals surface area (Å²) in [5, 5.41) is 0.896. The Hall–Kier alpha value is -3.21. The van der Waals surface area contributed by atoms with E-state index in [1.807, 2.05) is 80.9 Å². The maximum absolute atomic E-state index is 13.3. The zero-order chi connectivity index (χ0) is 19.1. The van der Waals surface area contributed by atoms with Crippen LogP contribution in [0.1, 0.15) is 33.0 Å². The number of benzene rings is 1. The van der Waals surface area contributed by atoms with Crippen molar-refractivity contribution in [1.82, 2.24) is 19.3 Å². The van der Waals surface area contributed by atoms with Crippen molar-refractivity contribution in [2.24, 2.45) is 0 Å². The molecular formula is C22H22N4O. The van der Waals surface area contributed by atoms with Crippen LogP contribution in [0.2, 0.25) is 0 Å². The highest BCUT2D eigenvalue weighted by molar-refractivity contribution is 6.06. The summed E-state index contributed by atoms with van der Waals surface area (Å²) in [6, 6.07) is 13.8. The predicted molar refractivity (Wildman–Crippen MR) is 107 cm³/mol. The summed E-state index contributed by atoms with van der Waals surface area (Å²) in [7, 11) is 1.83. The Kier molecular flexibility index (Phi) is 4.15. The van der Waals surface area contributed by atoms with Crippen LogP contribution in [0.15, 0.2) is 48.7 Å². The van der Waals surface area contributed by atoms with Gasteiger partial charge in [-0.15, -0.1) is 0 Å². The minimum atomic E-state index is -0.0126. The van der Waals surface area contributed by atoms with E-state index in [0.29, 0.717) is 12.1 Å². The highest BCUT2D eigenvalue weighted by Crippen LogP contribution is 2.22. The van der Waals surface area contributed by atoms with Gasteiger partial charge in [0.2, 0.25) is 0 Å². The van der Waals surface area contributed by atoms with Crippen molar-refractivity contribution in [1.29, 1.82) is 0 Å². The summed E-state index contributed by atoms with van der Waals surface area (Å²) in [6.07, 6.45) is 1.98. The van der Waals surface area contributed by atoms with Gasteiger partial charge in [-0.2, -0.15) is 0 Å². The third kappa shape index (κ3) is 3.05. The lowest BCUT2D eigenvalue weighted by molar-refractivity contribution is 0.0784. The van der Waals surface area contributed by atoms with E-state index in [0.717, 1.165) is 39.2 Å². The molecule has 0 aliphatic carbocycles. The van der Waals surface area contributed by atoms with Crippen molar-refractivity contribution in [3.8, 4) is 0 Å². The number of pyridine rings is 2. The van der Waals surface area contributed by atoms with Gasteiger partial charge >= 0.3 is 0 Å². The zero-order valence-corrected chi connectivity index (χ0v) is 16.0. The van der Waals surface area contributed by atoms with Gasteiger partial charge in [-0.1, -0.05) is 17.7 Å². The fourth-order valence-electron chi connectivity index (χ4n) is 3.51. The molecular weight excluding hydrogens is 336 g/mol. The van der Waals surface area contributed by atoms with Crippen LogP contribution < -0.4 is 0 Å². The Morgan fingerprint density at radius 2 is 1.89 bits per heavy atom. The molecule has 0 spiro atoms. The van der Waals surface area contributed by atoms with E-state index in [1.54, 1.807) is 4.90 Å². The van der Waals surface area contributed by atoms with E-state index in [9.17, 15) is 4.79 Å². The number of hydrogen-bond donors (Lipinski definition) is 0. The van der Waals surface area contributed by atoms with Crippen molar-refractivity contribution < 1.29 is 4.79 Å². The molecule has 0 saturated carbocycles. The van der Waals surface area contributed by atoms with Crippen molar-refractivity contribution in [3.05, 3.63) is 76.9 Å². The first-order chi connectivity index (χ1) is 12.9. The van der Waals surface area contributed by atoms with Crippen LogP contribution in [-0.2, 0) is 6.54 Å². The van der Waals surface area contributed by atoms with E-state index in [4.69, 9.17) is 0 Å². The second kappa shape index (κ2) is 6.50. The topological polar surface area (TPSA) is 50.5 Å². The Balaban J connectivity index is 1.73. The highest BCUT2D eigenvalue weighted by atomic mass is 16.2. The van der Waals surface area contributed by atoms with E-state index in [-0.39, 0.29) is 5.91 Å². The lowest BCUT2D eigenvalue weighted by Crippen LogP contribution is -2.27. The summed E-state index contributed by atoms with van der Waals surface area (Å²) >= 11 is 0. The Morgan fingerprint density at radius 3 is 2.70 bits per heavy atom. The standard InChI is InChI=1S/C22H22N4O/c1-14-8-9-19-17(11-14)18(12-15(2)23-19)22(27)25(4)13-20-16(3)24-21-7-5-6-10-26(20)21/h5-12H,13H2,1-4H3. The number of hydrogen-bond acceptors (Lipinski definition) is 3. The van der Waals surface area contributed by atoms with Gasteiger partial charge < -0.3 is 9.30 Å². The van der Waals surface area contributed by atoms with E-state index in [2.05, 4.69) is 9.97 Å². The second-order valence-electron chi connectivity index (χ2n) is 7.07. The second-order valence-corrected chi connectivity index (χ2v) is 7.07. The summed E-state index contributed by atoms with van der Waals surface area (Å²) < 4.78 is 2.04. The van der Waals surface area contributed by atoms with Crippen LogP contribution in [0.5, 0.6) is 0 Å². The molecule has 3 heterocycles. The smallest absolute Gasteiger partial charge is 0.254 e. The van der Waals surface area contributed by atoms with Crippen molar-refractivity contribution in [2.45, 2.75) is 27.3 Å². The Morgan fingerprint density at radius 1 is 1.07 bits per heavy atom. The Labute approximate surface area is 158 Å². The van der Waals surface area contributed by atoms with Gasteiger partial charge in [0.05, 0.1) is 29.0 Å². The monoisotopic (exact) mass is 358 g/mol. The molecule has 0 aliphatic heterocycles. The average Bonchev–Trinajstić information content (AvgIpc) is 2.96. The number of amides is 1. The number of aromatic nitrogens is 3. The van der Waals surface area contributed by atoms with Crippen LogP contribution in [0.4, 0.5) is 0 Å². The molecule has 0 atom stereocenters. The third-order valence-corrected chi connectivity index (χ3v) is 4.89. The van der Waals surface area contributed by atoms with E-state index >= 15 is 0 Å². The average molecular weight is 358 g/mol. The molecule has 1 amide bonds. The molecule has 3 aromatic heterocycles. The molecule has 5 heteroatoms. The SMILES string of the molecule is Cc1ccc2nc(C)cc(C(=O)N(C)Cc3c(C)nc4ccccn34)c2c1. The molecule has 4 aromatic rings. The quantitative estimate of drug-likeness (QED) is 0.554. The van der Waals surface area contributed by atoms with Crippen LogP contribution in [-0.4, -0.2) is 32.2 Å². The summed E-state index contributed by atoms with van der Waals surface area (Å²) in [5.74, 6) is -0.0126. The van der Waals surface area contributed by atoms with Gasteiger partial charge in [-0.05, 0) is 51.1 Å². The predicted octanol–water partition coefficient (Wildman–Crippen LogP) is 4.08. The molecule has 0 N–H and O–H groups in total. The molecule has 0 aliphatic rings. The Bertz CT molecular complexity index is 1180. The van der Waals surface area contributed by atoms with Gasteiger partial charge in [0.1, 0.15) is 5.65 Å². The van der Waals surface area contributed by atoms with E-state index in [1.165, 1.54) is 0 Å².